The van der Waals surface area contributed by atoms with Crippen LogP contribution in [-0.4, -0.2) is 66.3 Å². The monoisotopic (exact) mass is 348 g/mol. The molecule has 1 heterocycles. The number of hydrogen-bond donors (Lipinski definition) is 1. The van der Waals surface area contributed by atoms with Gasteiger partial charge in [0, 0.05) is 27.7 Å². The number of carbonyl (C=O) groups excluding carboxylic acids is 4. The van der Waals surface area contributed by atoms with Crippen molar-refractivity contribution in [2.24, 2.45) is 0 Å². The summed E-state index contributed by atoms with van der Waals surface area (Å²) in [6.07, 6.45) is -6.79. The quantitative estimate of drug-likeness (QED) is 0.490. The molecular formula is C14H20O10. The number of ether oxygens (including phenoxy) is 5. The Hall–Kier alpha value is -2.20. The van der Waals surface area contributed by atoms with Crippen LogP contribution in [-0.2, 0) is 42.9 Å². The van der Waals surface area contributed by atoms with Crippen molar-refractivity contribution in [3.8, 4) is 0 Å². The molecule has 0 radical (unpaired) electrons. The van der Waals surface area contributed by atoms with E-state index in [0.29, 0.717) is 0 Å². The van der Waals surface area contributed by atoms with Gasteiger partial charge >= 0.3 is 23.9 Å². The molecule has 0 aromatic heterocycles. The van der Waals surface area contributed by atoms with Gasteiger partial charge in [0.15, 0.2) is 24.6 Å². The highest BCUT2D eigenvalue weighted by atomic mass is 16.7. The number of aliphatic hydroxyl groups is 1. The number of esters is 4. The van der Waals surface area contributed by atoms with Crippen LogP contribution in [0.15, 0.2) is 0 Å². The van der Waals surface area contributed by atoms with Gasteiger partial charge in [-0.15, -0.1) is 0 Å². The minimum atomic E-state index is -1.68. The fraction of sp³-hybridized carbons (Fsp3) is 0.714. The summed E-state index contributed by atoms with van der Waals surface area (Å²) >= 11 is 0. The van der Waals surface area contributed by atoms with E-state index in [2.05, 4.69) is 0 Å². The van der Waals surface area contributed by atoms with Gasteiger partial charge in [-0.25, -0.2) is 0 Å². The highest BCUT2D eigenvalue weighted by molar-refractivity contribution is 5.68. The molecule has 1 rings (SSSR count). The molecule has 1 saturated heterocycles. The Morgan fingerprint density at radius 2 is 1.25 bits per heavy atom. The predicted molar refractivity (Wildman–Crippen MR) is 74.2 cm³/mol. The summed E-state index contributed by atoms with van der Waals surface area (Å²) in [5, 5.41) is 10.0. The van der Waals surface area contributed by atoms with Crippen LogP contribution in [0, 0.1) is 0 Å². The molecule has 0 aromatic rings. The molecule has 1 fully saturated rings. The van der Waals surface area contributed by atoms with Crippen molar-refractivity contribution in [1.29, 1.82) is 0 Å². The summed E-state index contributed by atoms with van der Waals surface area (Å²) in [5.74, 6) is -2.87. The van der Waals surface area contributed by atoms with E-state index in [4.69, 9.17) is 23.7 Å². The van der Waals surface area contributed by atoms with E-state index in [9.17, 15) is 24.3 Å². The summed E-state index contributed by atoms with van der Waals surface area (Å²) in [5.41, 5.74) is 0. The Balaban J connectivity index is 3.11. The third kappa shape index (κ3) is 5.78. The standard InChI is InChI=1S/C14H20O10/c1-6(15)20-5-10-11(21-7(2)16)12(22-8(3)17)13(14(19)24-10)23-9(4)18/h10-14,19H,5H2,1-4H3/t10?,11-,12-,13?,14-/m0/s1. The molecule has 2 unspecified atom stereocenters. The van der Waals surface area contributed by atoms with Crippen molar-refractivity contribution in [1.82, 2.24) is 0 Å². The molecule has 0 spiro atoms. The lowest BCUT2D eigenvalue weighted by Crippen LogP contribution is -2.62. The van der Waals surface area contributed by atoms with Gasteiger partial charge in [0.25, 0.3) is 0 Å². The molecule has 5 atom stereocenters. The maximum atomic E-state index is 11.3. The minimum Gasteiger partial charge on any atom is -0.463 e. The number of hydrogen-bond acceptors (Lipinski definition) is 10. The lowest BCUT2D eigenvalue weighted by atomic mass is 9.98. The second kappa shape index (κ2) is 8.60. The van der Waals surface area contributed by atoms with E-state index in [-0.39, 0.29) is 6.61 Å². The fourth-order valence-electron chi connectivity index (χ4n) is 2.21. The lowest BCUT2D eigenvalue weighted by Gasteiger charge is -2.42. The van der Waals surface area contributed by atoms with E-state index in [1.165, 1.54) is 0 Å². The zero-order valence-electron chi connectivity index (χ0n) is 13.7. The predicted octanol–water partition coefficient (Wildman–Crippen LogP) is -0.938. The summed E-state index contributed by atoms with van der Waals surface area (Å²) in [6, 6.07) is 0. The van der Waals surface area contributed by atoms with E-state index in [0.717, 1.165) is 27.7 Å². The van der Waals surface area contributed by atoms with E-state index < -0.39 is 54.6 Å². The van der Waals surface area contributed by atoms with Crippen molar-refractivity contribution in [3.05, 3.63) is 0 Å². The topological polar surface area (TPSA) is 135 Å². The van der Waals surface area contributed by atoms with Crippen LogP contribution >= 0.6 is 0 Å². The minimum absolute atomic E-state index is 0.366. The van der Waals surface area contributed by atoms with Gasteiger partial charge in [-0.2, -0.15) is 0 Å². The Morgan fingerprint density at radius 1 is 0.792 bits per heavy atom. The first kappa shape index (κ1) is 19.8. The summed E-state index contributed by atoms with van der Waals surface area (Å²) in [7, 11) is 0. The van der Waals surface area contributed by atoms with Crippen molar-refractivity contribution in [2.45, 2.75) is 58.4 Å². The van der Waals surface area contributed by atoms with Crippen LogP contribution in [0.5, 0.6) is 0 Å². The smallest absolute Gasteiger partial charge is 0.303 e. The Kier molecular flexibility index (Phi) is 7.11. The Morgan fingerprint density at radius 3 is 1.71 bits per heavy atom. The van der Waals surface area contributed by atoms with Gasteiger partial charge in [0.1, 0.15) is 12.7 Å². The molecule has 10 nitrogen and oxygen atoms in total. The van der Waals surface area contributed by atoms with Gasteiger partial charge in [-0.3, -0.25) is 19.2 Å². The van der Waals surface area contributed by atoms with Gasteiger partial charge in [-0.1, -0.05) is 0 Å². The van der Waals surface area contributed by atoms with Gasteiger partial charge in [-0.05, 0) is 0 Å². The van der Waals surface area contributed by atoms with Gasteiger partial charge < -0.3 is 28.8 Å². The molecule has 1 N–H and O–H groups in total. The molecule has 0 saturated carbocycles. The third-order valence-corrected chi connectivity index (χ3v) is 2.97. The maximum Gasteiger partial charge on any atom is 0.303 e. The molecular weight excluding hydrogens is 328 g/mol. The van der Waals surface area contributed by atoms with E-state index >= 15 is 0 Å². The average Bonchev–Trinajstić information content (AvgIpc) is 2.42. The van der Waals surface area contributed by atoms with Crippen LogP contribution in [0.3, 0.4) is 0 Å². The van der Waals surface area contributed by atoms with Crippen LogP contribution < -0.4 is 0 Å². The van der Waals surface area contributed by atoms with Crippen LogP contribution in [0.25, 0.3) is 0 Å². The van der Waals surface area contributed by atoms with Crippen LogP contribution in [0.4, 0.5) is 0 Å². The summed E-state index contributed by atoms with van der Waals surface area (Å²) in [6.45, 7) is 4.09. The SMILES string of the molecule is CC(=O)OCC1O[C@H](O)C(OC(C)=O)[C@@H](OC(C)=O)[C@H]1OC(C)=O. The fourth-order valence-corrected chi connectivity index (χ4v) is 2.21. The first-order chi connectivity index (χ1) is 11.1. The average molecular weight is 348 g/mol. The summed E-state index contributed by atoms with van der Waals surface area (Å²) < 4.78 is 25.0. The second-order valence-corrected chi connectivity index (χ2v) is 5.09. The van der Waals surface area contributed by atoms with E-state index in [1.54, 1.807) is 0 Å². The highest BCUT2D eigenvalue weighted by Crippen LogP contribution is 2.28. The molecule has 0 bridgehead atoms. The van der Waals surface area contributed by atoms with Crippen molar-refractivity contribution >= 4 is 23.9 Å². The van der Waals surface area contributed by atoms with Gasteiger partial charge in [0.2, 0.25) is 0 Å². The van der Waals surface area contributed by atoms with Gasteiger partial charge in [0.05, 0.1) is 0 Å². The Bertz CT molecular complexity index is 502. The highest BCUT2D eigenvalue weighted by Gasteiger charge is 2.51. The Labute approximate surface area is 137 Å². The van der Waals surface area contributed by atoms with Crippen molar-refractivity contribution < 1.29 is 48.0 Å². The second-order valence-electron chi connectivity index (χ2n) is 5.09. The summed E-state index contributed by atoms with van der Waals surface area (Å²) in [4.78, 5) is 44.9. The van der Waals surface area contributed by atoms with Crippen molar-refractivity contribution in [2.75, 3.05) is 6.61 Å². The normalized spacial score (nSPS) is 29.3. The zero-order valence-corrected chi connectivity index (χ0v) is 13.7. The molecule has 10 heteroatoms. The third-order valence-electron chi connectivity index (χ3n) is 2.97. The lowest BCUT2D eigenvalue weighted by molar-refractivity contribution is -0.296. The number of rotatable bonds is 5. The van der Waals surface area contributed by atoms with Crippen LogP contribution in [0.2, 0.25) is 0 Å². The molecule has 0 amide bonds. The van der Waals surface area contributed by atoms with Crippen LogP contribution in [0.1, 0.15) is 27.7 Å². The molecule has 1 aliphatic rings. The van der Waals surface area contributed by atoms with Crippen molar-refractivity contribution in [3.63, 3.8) is 0 Å². The largest absolute Gasteiger partial charge is 0.463 e. The van der Waals surface area contributed by atoms with E-state index in [1.807, 2.05) is 0 Å². The molecule has 136 valence electrons. The first-order valence-electron chi connectivity index (χ1n) is 7.10. The number of carbonyl (C=O) groups is 4. The maximum absolute atomic E-state index is 11.3. The number of aliphatic hydroxyl groups excluding tert-OH is 1. The molecule has 1 aliphatic heterocycles. The molecule has 0 aromatic carbocycles. The first-order valence-corrected chi connectivity index (χ1v) is 7.10. The zero-order chi connectivity index (χ0) is 18.4. The molecule has 24 heavy (non-hydrogen) atoms. The molecule has 0 aliphatic carbocycles.